The first-order valence-corrected chi connectivity index (χ1v) is 16.0. The summed E-state index contributed by atoms with van der Waals surface area (Å²) in [5.74, 6) is -1.55. The predicted octanol–water partition coefficient (Wildman–Crippen LogP) is 4.18. The van der Waals surface area contributed by atoms with Crippen molar-refractivity contribution in [1.29, 1.82) is 0 Å². The number of aliphatic hydroxyl groups excluding tert-OH is 1. The first kappa shape index (κ1) is 34.7. The third-order valence-electron chi connectivity index (χ3n) is 8.37. The van der Waals surface area contributed by atoms with Crippen LogP contribution in [0.15, 0.2) is 34.7 Å². The molecule has 256 valence electrons. The second-order valence-corrected chi connectivity index (χ2v) is 13.1. The second-order valence-electron chi connectivity index (χ2n) is 12.3. The Morgan fingerprint density at radius 3 is 2.60 bits per heavy atom. The fourth-order valence-electron chi connectivity index (χ4n) is 5.92. The molecule has 7 N–H and O–H groups in total. The summed E-state index contributed by atoms with van der Waals surface area (Å²) in [5.41, 5.74) is 4.53. The Labute approximate surface area is 276 Å². The Kier molecular flexibility index (Phi) is 9.75. The Morgan fingerprint density at radius 2 is 2.00 bits per heavy atom. The Balaban J connectivity index is 1.62. The number of urea groups is 1. The van der Waals surface area contributed by atoms with Gasteiger partial charge < -0.3 is 31.1 Å². The number of halogens is 3. The summed E-state index contributed by atoms with van der Waals surface area (Å²) < 4.78 is 40.6. The molecule has 2 amide bonds. The van der Waals surface area contributed by atoms with Crippen molar-refractivity contribution in [3.05, 3.63) is 62.5 Å². The topological polar surface area (TPSA) is 199 Å². The lowest BCUT2D eigenvalue weighted by Gasteiger charge is -2.36. The van der Waals surface area contributed by atoms with E-state index >= 15 is 0 Å². The standard InChI is InChI=1S/C31H35F3N8O5S/c1-4-36-29(47)40-23-8-17(27-39-22(14-48-27)31(32,33)34)15(10-37-23)9-30(2,3)21(13-43)18-7-19-24(44)20(28(45)46)11-38-25(19)41-26(18)42-6-5-16(35)12-42/h7-8,10-11,14,16,21,43H,4-6,9,12-13,35H2,1-3H3,(H,45,46)(H,38,41,44)(H2,36,37,40,47). The molecule has 2 unspecified atom stereocenters. The fourth-order valence-corrected chi connectivity index (χ4v) is 6.80. The monoisotopic (exact) mass is 688 g/mol. The molecule has 17 heteroatoms. The number of H-pyrrole nitrogens is 1. The lowest BCUT2D eigenvalue weighted by atomic mass is 9.71. The number of anilines is 2. The average molecular weight is 689 g/mol. The molecule has 1 aliphatic heterocycles. The van der Waals surface area contributed by atoms with Gasteiger partial charge in [0, 0.05) is 60.5 Å². The highest BCUT2D eigenvalue weighted by Crippen LogP contribution is 2.44. The van der Waals surface area contributed by atoms with E-state index in [1.807, 2.05) is 18.7 Å². The van der Waals surface area contributed by atoms with Crippen LogP contribution >= 0.6 is 11.3 Å². The van der Waals surface area contributed by atoms with Crippen LogP contribution < -0.4 is 26.7 Å². The molecule has 0 radical (unpaired) electrons. The Morgan fingerprint density at radius 1 is 1.25 bits per heavy atom. The van der Waals surface area contributed by atoms with Gasteiger partial charge >= 0.3 is 18.2 Å². The van der Waals surface area contributed by atoms with E-state index in [1.54, 1.807) is 13.0 Å². The van der Waals surface area contributed by atoms with E-state index < -0.39 is 52.8 Å². The summed E-state index contributed by atoms with van der Waals surface area (Å²) >= 11 is 0.793. The molecule has 0 bridgehead atoms. The maximum Gasteiger partial charge on any atom is 0.434 e. The van der Waals surface area contributed by atoms with Crippen molar-refractivity contribution in [2.75, 3.05) is 36.5 Å². The van der Waals surface area contributed by atoms with Crippen molar-refractivity contribution in [3.63, 3.8) is 0 Å². The molecule has 0 saturated carbocycles. The molecule has 1 aliphatic rings. The summed E-state index contributed by atoms with van der Waals surface area (Å²) in [6, 6.07) is 2.32. The number of nitrogens with one attached hydrogen (secondary N) is 3. The Hall–Kier alpha value is -4.61. The van der Waals surface area contributed by atoms with Crippen molar-refractivity contribution < 1.29 is 33.0 Å². The van der Waals surface area contributed by atoms with E-state index in [4.69, 9.17) is 10.7 Å². The number of fused-ring (bicyclic) bond motifs is 1. The molecule has 2 atom stereocenters. The van der Waals surface area contributed by atoms with Crippen LogP contribution in [0, 0.1) is 5.41 Å². The number of nitrogens with two attached hydrogens (primary N) is 1. The highest BCUT2D eigenvalue weighted by molar-refractivity contribution is 7.13. The quantitative estimate of drug-likeness (QED) is 0.140. The van der Waals surface area contributed by atoms with Gasteiger partial charge in [0.25, 0.3) is 0 Å². The van der Waals surface area contributed by atoms with Gasteiger partial charge in [-0.05, 0) is 42.9 Å². The number of carbonyl (C=O) groups excluding carboxylic acids is 1. The first-order chi connectivity index (χ1) is 22.6. The fraction of sp³-hybridized carbons (Fsp3) is 0.419. The van der Waals surface area contributed by atoms with Crippen LogP contribution in [0.4, 0.5) is 29.6 Å². The number of carboxylic acids is 1. The molecule has 1 saturated heterocycles. The van der Waals surface area contributed by atoms with Crippen LogP contribution in [-0.4, -0.2) is 74.4 Å². The lowest BCUT2D eigenvalue weighted by Crippen LogP contribution is -2.33. The minimum atomic E-state index is -4.67. The maximum atomic E-state index is 13.5. The van der Waals surface area contributed by atoms with E-state index in [9.17, 15) is 37.8 Å². The van der Waals surface area contributed by atoms with Gasteiger partial charge in [0.2, 0.25) is 5.43 Å². The average Bonchev–Trinajstić information content (AvgIpc) is 3.68. The molecule has 0 spiro atoms. The van der Waals surface area contributed by atoms with Crippen molar-refractivity contribution in [2.24, 2.45) is 11.1 Å². The van der Waals surface area contributed by atoms with Crippen LogP contribution in [0.25, 0.3) is 21.6 Å². The normalized spacial score (nSPS) is 15.9. The zero-order chi connectivity index (χ0) is 35.0. The first-order valence-electron chi connectivity index (χ1n) is 15.1. The summed E-state index contributed by atoms with van der Waals surface area (Å²) in [6.07, 6.45) is -1.29. The molecule has 4 aromatic heterocycles. The second kappa shape index (κ2) is 13.5. The summed E-state index contributed by atoms with van der Waals surface area (Å²) in [7, 11) is 0. The van der Waals surface area contributed by atoms with Gasteiger partial charge in [0.05, 0.1) is 12.0 Å². The number of nitrogens with zero attached hydrogens (tertiary/aromatic N) is 4. The number of aromatic amines is 1. The molecule has 13 nitrogen and oxygen atoms in total. The number of hydrogen-bond acceptors (Lipinski definition) is 10. The van der Waals surface area contributed by atoms with Gasteiger partial charge in [0.15, 0.2) is 5.69 Å². The summed E-state index contributed by atoms with van der Waals surface area (Å²) in [4.78, 5) is 54.8. The van der Waals surface area contributed by atoms with Gasteiger partial charge in [-0.15, -0.1) is 11.3 Å². The van der Waals surface area contributed by atoms with E-state index in [-0.39, 0.29) is 34.3 Å². The van der Waals surface area contributed by atoms with E-state index in [0.29, 0.717) is 48.6 Å². The molecule has 1 fully saturated rings. The smallest absolute Gasteiger partial charge is 0.434 e. The number of carboxylic acid groups (broad SMARTS) is 1. The van der Waals surface area contributed by atoms with Gasteiger partial charge in [-0.1, -0.05) is 13.8 Å². The number of aliphatic hydroxyl groups is 1. The zero-order valence-corrected chi connectivity index (χ0v) is 27.1. The Bertz CT molecular complexity index is 1910. The minimum Gasteiger partial charge on any atom is -0.477 e. The number of amides is 2. The molecular formula is C31H35F3N8O5S. The molecule has 5 heterocycles. The third kappa shape index (κ3) is 7.12. The van der Waals surface area contributed by atoms with Gasteiger partial charge in [-0.2, -0.15) is 13.2 Å². The van der Waals surface area contributed by atoms with Gasteiger partial charge in [-0.25, -0.2) is 24.5 Å². The maximum absolute atomic E-state index is 13.5. The van der Waals surface area contributed by atoms with E-state index in [0.717, 1.165) is 22.9 Å². The number of aromatic nitrogens is 4. The number of rotatable bonds is 10. The van der Waals surface area contributed by atoms with Crippen molar-refractivity contribution in [3.8, 4) is 10.6 Å². The lowest BCUT2D eigenvalue weighted by molar-refractivity contribution is -0.140. The van der Waals surface area contributed by atoms with Crippen LogP contribution in [0.1, 0.15) is 60.3 Å². The van der Waals surface area contributed by atoms with Crippen LogP contribution in [0.5, 0.6) is 0 Å². The molecule has 4 aromatic rings. The molecule has 48 heavy (non-hydrogen) atoms. The van der Waals surface area contributed by atoms with Crippen LogP contribution in [0.3, 0.4) is 0 Å². The number of aromatic carboxylic acids is 1. The number of alkyl halides is 3. The molecule has 0 aliphatic carbocycles. The van der Waals surface area contributed by atoms with Crippen LogP contribution in [0.2, 0.25) is 0 Å². The summed E-state index contributed by atoms with van der Waals surface area (Å²) in [6.45, 7) is 6.37. The van der Waals surface area contributed by atoms with Crippen molar-refractivity contribution >= 4 is 46.0 Å². The molecule has 0 aromatic carbocycles. The highest BCUT2D eigenvalue weighted by atomic mass is 32.1. The summed E-state index contributed by atoms with van der Waals surface area (Å²) in [5, 5.41) is 26.6. The van der Waals surface area contributed by atoms with E-state index in [2.05, 4.69) is 25.6 Å². The highest BCUT2D eigenvalue weighted by Gasteiger charge is 2.37. The van der Waals surface area contributed by atoms with Crippen molar-refractivity contribution in [1.82, 2.24) is 25.3 Å². The molecular weight excluding hydrogens is 653 g/mol. The third-order valence-corrected chi connectivity index (χ3v) is 9.24. The number of thiazole rings is 1. The predicted molar refractivity (Wildman–Crippen MR) is 174 cm³/mol. The number of pyridine rings is 3. The number of carbonyl (C=O) groups is 2. The largest absolute Gasteiger partial charge is 0.477 e. The zero-order valence-electron chi connectivity index (χ0n) is 26.3. The van der Waals surface area contributed by atoms with Crippen molar-refractivity contribution in [2.45, 2.75) is 51.7 Å². The van der Waals surface area contributed by atoms with Gasteiger partial charge in [-0.3, -0.25) is 10.1 Å². The molecule has 5 rings (SSSR count). The van der Waals surface area contributed by atoms with Gasteiger partial charge in [0.1, 0.15) is 27.9 Å². The minimum absolute atomic E-state index is 0.0250. The van der Waals surface area contributed by atoms with E-state index in [1.165, 1.54) is 12.3 Å². The van der Waals surface area contributed by atoms with Crippen LogP contribution in [-0.2, 0) is 12.6 Å². The number of hydrogen-bond donors (Lipinski definition) is 6. The SMILES string of the molecule is CCNC(=O)Nc1cc(-c2nc(C(F)(F)F)cs2)c(CC(C)(C)C(CO)c2cc3c(=O)c(C(=O)O)c[nH]c3nc2N2CCC(N)C2)cn1.